The normalized spacial score (nSPS) is 12.9. The Morgan fingerprint density at radius 1 is 1.43 bits per heavy atom. The average molecular weight is 189 g/mol. The van der Waals surface area contributed by atoms with E-state index < -0.39 is 0 Å². The van der Waals surface area contributed by atoms with Crippen LogP contribution >= 0.6 is 0 Å². The second-order valence-corrected chi connectivity index (χ2v) is 3.35. The molecule has 0 fully saturated rings. The quantitative estimate of drug-likeness (QED) is 0.725. The maximum atomic E-state index is 10.5. The van der Waals surface area contributed by atoms with Gasteiger partial charge in [-0.15, -0.1) is 0 Å². The first-order chi connectivity index (χ1) is 6.70. The van der Waals surface area contributed by atoms with E-state index in [-0.39, 0.29) is 5.91 Å². The van der Waals surface area contributed by atoms with Gasteiger partial charge < -0.3 is 5.73 Å². The molecule has 0 saturated heterocycles. The third-order valence-electron chi connectivity index (χ3n) is 2.14. The molecule has 74 valence electrons. The zero-order valence-corrected chi connectivity index (χ0v) is 8.31. The number of hydrogen-bond acceptors (Lipinski definition) is 1. The van der Waals surface area contributed by atoms with Crippen LogP contribution in [0.15, 0.2) is 42.5 Å². The van der Waals surface area contributed by atoms with E-state index in [0.29, 0.717) is 5.92 Å². The van der Waals surface area contributed by atoms with E-state index in [2.05, 4.69) is 19.1 Å². The van der Waals surface area contributed by atoms with Gasteiger partial charge in [0.25, 0.3) is 0 Å². The lowest BCUT2D eigenvalue weighted by atomic mass is 9.98. The lowest BCUT2D eigenvalue weighted by Crippen LogP contribution is -2.05. The predicted molar refractivity (Wildman–Crippen MR) is 57.8 cm³/mol. The summed E-state index contributed by atoms with van der Waals surface area (Å²) in [6, 6.07) is 10.2. The van der Waals surface area contributed by atoms with Gasteiger partial charge in [0, 0.05) is 0 Å². The molecule has 0 aliphatic heterocycles. The summed E-state index contributed by atoms with van der Waals surface area (Å²) in [4.78, 5) is 10.5. The molecule has 0 heterocycles. The number of carbonyl (C=O) groups is 1. The average Bonchev–Trinajstić information content (AvgIpc) is 2.18. The molecule has 2 nitrogen and oxygen atoms in total. The zero-order chi connectivity index (χ0) is 10.4. The summed E-state index contributed by atoms with van der Waals surface area (Å²) in [5.41, 5.74) is 6.27. The van der Waals surface area contributed by atoms with Crippen LogP contribution in [0.2, 0.25) is 0 Å². The van der Waals surface area contributed by atoms with Crippen LogP contribution in [-0.2, 0) is 4.79 Å². The first-order valence-corrected chi connectivity index (χ1v) is 4.71. The molecule has 1 amide bonds. The van der Waals surface area contributed by atoms with Gasteiger partial charge in [0.2, 0.25) is 5.91 Å². The van der Waals surface area contributed by atoms with Crippen LogP contribution < -0.4 is 5.73 Å². The minimum Gasteiger partial charge on any atom is -0.366 e. The van der Waals surface area contributed by atoms with Gasteiger partial charge in [0.05, 0.1) is 0 Å². The number of nitrogens with two attached hydrogens (primary N) is 1. The molecule has 0 bridgehead atoms. The molecule has 0 radical (unpaired) electrons. The lowest BCUT2D eigenvalue weighted by molar-refractivity contribution is -0.113. The third kappa shape index (κ3) is 3.44. The highest BCUT2D eigenvalue weighted by atomic mass is 16.1. The zero-order valence-electron chi connectivity index (χ0n) is 8.31. The number of hydrogen-bond donors (Lipinski definition) is 1. The molecule has 0 unspecified atom stereocenters. The maximum absolute atomic E-state index is 10.5. The molecule has 1 rings (SSSR count). The van der Waals surface area contributed by atoms with Gasteiger partial charge in [-0.2, -0.15) is 0 Å². The molecule has 0 aliphatic carbocycles. The number of allylic oxidation sites excluding steroid dienone is 1. The van der Waals surface area contributed by atoms with Crippen molar-refractivity contribution >= 4 is 5.91 Å². The van der Waals surface area contributed by atoms with Crippen LogP contribution in [0.1, 0.15) is 24.8 Å². The molecular formula is C12H15NO. The summed E-state index contributed by atoms with van der Waals surface area (Å²) in [5.74, 6) is 0.0389. The highest BCUT2D eigenvalue weighted by Crippen LogP contribution is 2.18. The Morgan fingerprint density at radius 2 is 2.07 bits per heavy atom. The van der Waals surface area contributed by atoms with Crippen molar-refractivity contribution in [3.05, 3.63) is 48.0 Å². The summed E-state index contributed by atoms with van der Waals surface area (Å²) in [7, 11) is 0. The highest BCUT2D eigenvalue weighted by Gasteiger charge is 2.01. The second kappa shape index (κ2) is 5.22. The Bertz CT molecular complexity index is 316. The lowest BCUT2D eigenvalue weighted by Gasteiger charge is -2.07. The van der Waals surface area contributed by atoms with Crippen molar-refractivity contribution in [2.75, 3.05) is 0 Å². The van der Waals surface area contributed by atoms with Crippen LogP contribution in [0.25, 0.3) is 0 Å². The number of primary amides is 1. The Labute approximate surface area is 84.4 Å². The fraction of sp³-hybridized carbons (Fsp3) is 0.250. The Kier molecular flexibility index (Phi) is 3.92. The molecule has 0 spiro atoms. The van der Waals surface area contributed by atoms with E-state index in [0.717, 1.165) is 6.42 Å². The third-order valence-corrected chi connectivity index (χ3v) is 2.14. The summed E-state index contributed by atoms with van der Waals surface area (Å²) in [5, 5.41) is 0. The highest BCUT2D eigenvalue weighted by molar-refractivity contribution is 5.85. The fourth-order valence-electron chi connectivity index (χ4n) is 1.31. The Hall–Kier alpha value is -1.57. The molecule has 2 heteroatoms. The van der Waals surface area contributed by atoms with Gasteiger partial charge in [0.15, 0.2) is 0 Å². The smallest absolute Gasteiger partial charge is 0.241 e. The van der Waals surface area contributed by atoms with Crippen molar-refractivity contribution in [3.8, 4) is 0 Å². The topological polar surface area (TPSA) is 43.1 Å². The molecule has 14 heavy (non-hydrogen) atoms. The van der Waals surface area contributed by atoms with Crippen molar-refractivity contribution in [2.24, 2.45) is 5.73 Å². The van der Waals surface area contributed by atoms with Crippen LogP contribution in [0.3, 0.4) is 0 Å². The SMILES string of the molecule is C[C@@H](C/C=C/C(N)=O)c1ccccc1. The first-order valence-electron chi connectivity index (χ1n) is 4.71. The molecule has 1 aromatic carbocycles. The molecule has 2 N–H and O–H groups in total. The van der Waals surface area contributed by atoms with Gasteiger partial charge >= 0.3 is 0 Å². The van der Waals surface area contributed by atoms with E-state index in [1.807, 2.05) is 24.3 Å². The fourth-order valence-corrected chi connectivity index (χ4v) is 1.31. The van der Waals surface area contributed by atoms with Crippen LogP contribution in [0.5, 0.6) is 0 Å². The van der Waals surface area contributed by atoms with Gasteiger partial charge in [-0.3, -0.25) is 4.79 Å². The van der Waals surface area contributed by atoms with Crippen LogP contribution in [0.4, 0.5) is 0 Å². The predicted octanol–water partition coefficient (Wildman–Crippen LogP) is 2.22. The molecular weight excluding hydrogens is 174 g/mol. The number of carbonyl (C=O) groups excluding carboxylic acids is 1. The molecule has 1 aromatic rings. The second-order valence-electron chi connectivity index (χ2n) is 3.35. The molecule has 0 aromatic heterocycles. The van der Waals surface area contributed by atoms with Gasteiger partial charge in [-0.25, -0.2) is 0 Å². The Balaban J connectivity index is 2.51. The van der Waals surface area contributed by atoms with Gasteiger partial charge in [-0.05, 0) is 24.0 Å². The maximum Gasteiger partial charge on any atom is 0.241 e. The monoisotopic (exact) mass is 189 g/mol. The van der Waals surface area contributed by atoms with Crippen molar-refractivity contribution in [1.82, 2.24) is 0 Å². The molecule has 0 saturated carbocycles. The minimum absolute atomic E-state index is 0.384. The standard InChI is InChI=1S/C12H15NO/c1-10(6-5-9-12(13)14)11-7-3-2-4-8-11/h2-5,7-10H,6H2,1H3,(H2,13,14)/b9-5+/t10-/m0/s1. The summed E-state index contributed by atoms with van der Waals surface area (Å²) in [6.45, 7) is 2.13. The van der Waals surface area contributed by atoms with Crippen molar-refractivity contribution in [1.29, 1.82) is 0 Å². The summed E-state index contributed by atoms with van der Waals surface area (Å²) < 4.78 is 0. The largest absolute Gasteiger partial charge is 0.366 e. The Morgan fingerprint density at radius 3 is 2.64 bits per heavy atom. The van der Waals surface area contributed by atoms with E-state index >= 15 is 0 Å². The summed E-state index contributed by atoms with van der Waals surface area (Å²) in [6.07, 6.45) is 4.08. The summed E-state index contributed by atoms with van der Waals surface area (Å²) >= 11 is 0. The van der Waals surface area contributed by atoms with Gasteiger partial charge in [0.1, 0.15) is 0 Å². The first kappa shape index (κ1) is 10.5. The van der Waals surface area contributed by atoms with E-state index in [4.69, 9.17) is 5.73 Å². The minimum atomic E-state index is -0.384. The van der Waals surface area contributed by atoms with Crippen molar-refractivity contribution in [3.63, 3.8) is 0 Å². The number of benzene rings is 1. The number of rotatable bonds is 4. The van der Waals surface area contributed by atoms with E-state index in [1.54, 1.807) is 0 Å². The van der Waals surface area contributed by atoms with E-state index in [9.17, 15) is 4.79 Å². The van der Waals surface area contributed by atoms with E-state index in [1.165, 1.54) is 11.6 Å². The molecule has 0 aliphatic rings. The van der Waals surface area contributed by atoms with Gasteiger partial charge in [-0.1, -0.05) is 43.3 Å². The van der Waals surface area contributed by atoms with Crippen LogP contribution in [0, 0.1) is 0 Å². The number of amides is 1. The van der Waals surface area contributed by atoms with Crippen LogP contribution in [-0.4, -0.2) is 5.91 Å². The van der Waals surface area contributed by atoms with Crippen molar-refractivity contribution in [2.45, 2.75) is 19.3 Å². The molecule has 1 atom stereocenters. The van der Waals surface area contributed by atoms with Crippen molar-refractivity contribution < 1.29 is 4.79 Å².